The number of rotatable bonds is 7. The van der Waals surface area contributed by atoms with Gasteiger partial charge in [-0.2, -0.15) is 0 Å². The van der Waals surface area contributed by atoms with Crippen molar-refractivity contribution in [2.24, 2.45) is 0 Å². The van der Waals surface area contributed by atoms with E-state index in [2.05, 4.69) is 19.2 Å². The van der Waals surface area contributed by atoms with E-state index < -0.39 is 17.1 Å². The molecule has 7 nitrogen and oxygen atoms in total. The number of imide groups is 1. The third kappa shape index (κ3) is 5.27. The number of thioether (sulfide) groups is 1. The third-order valence-electron chi connectivity index (χ3n) is 4.76. The Labute approximate surface area is 185 Å². The number of hydrogen-bond donors (Lipinski definition) is 1. The van der Waals surface area contributed by atoms with Gasteiger partial charge in [0.15, 0.2) is 0 Å². The van der Waals surface area contributed by atoms with Crippen LogP contribution in [0.15, 0.2) is 47.4 Å². The van der Waals surface area contributed by atoms with Crippen molar-refractivity contribution in [3.63, 3.8) is 0 Å². The number of anilines is 1. The van der Waals surface area contributed by atoms with E-state index in [1.165, 1.54) is 7.11 Å². The highest BCUT2D eigenvalue weighted by molar-refractivity contribution is 8.18. The summed E-state index contributed by atoms with van der Waals surface area (Å²) in [4.78, 5) is 38.6. The number of methoxy groups -OCH3 is 2. The topological polar surface area (TPSA) is 84.9 Å². The molecule has 1 fully saturated rings. The molecule has 31 heavy (non-hydrogen) atoms. The Balaban J connectivity index is 1.70. The van der Waals surface area contributed by atoms with Crippen LogP contribution in [-0.2, 0) is 9.59 Å². The highest BCUT2D eigenvalue weighted by atomic mass is 32.2. The number of carbonyl (C=O) groups excluding carboxylic acids is 3. The summed E-state index contributed by atoms with van der Waals surface area (Å²) in [7, 11) is 3.05. The van der Waals surface area contributed by atoms with Gasteiger partial charge in [0.25, 0.3) is 11.1 Å². The average Bonchev–Trinajstić information content (AvgIpc) is 3.01. The molecule has 0 radical (unpaired) electrons. The minimum Gasteiger partial charge on any atom is -0.497 e. The SMILES string of the molecule is COc1ccc(/C=C2/SC(=O)N(CC(=O)Nc3ccc(C(C)C)cc3)C2=O)c(OC)c1. The zero-order valence-corrected chi connectivity index (χ0v) is 18.6. The molecule has 1 heterocycles. The maximum absolute atomic E-state index is 12.7. The first-order valence-electron chi connectivity index (χ1n) is 9.69. The minimum atomic E-state index is -0.516. The first-order chi connectivity index (χ1) is 14.8. The number of nitrogens with zero attached hydrogens (tertiary/aromatic N) is 1. The molecule has 0 bridgehead atoms. The summed E-state index contributed by atoms with van der Waals surface area (Å²) in [5.74, 6) is 0.547. The lowest BCUT2D eigenvalue weighted by Gasteiger charge is -2.13. The van der Waals surface area contributed by atoms with Crippen LogP contribution in [0.5, 0.6) is 11.5 Å². The van der Waals surface area contributed by atoms with Gasteiger partial charge >= 0.3 is 0 Å². The summed E-state index contributed by atoms with van der Waals surface area (Å²) >= 11 is 0.791. The second-order valence-corrected chi connectivity index (χ2v) is 8.19. The molecule has 3 rings (SSSR count). The minimum absolute atomic E-state index is 0.225. The van der Waals surface area contributed by atoms with Gasteiger partial charge in [-0.25, -0.2) is 0 Å². The zero-order valence-electron chi connectivity index (χ0n) is 17.8. The summed E-state index contributed by atoms with van der Waals surface area (Å²) < 4.78 is 10.5. The Morgan fingerprint density at radius 1 is 1.10 bits per heavy atom. The molecule has 1 saturated heterocycles. The van der Waals surface area contributed by atoms with Crippen LogP contribution in [0.4, 0.5) is 10.5 Å². The van der Waals surface area contributed by atoms with Gasteiger partial charge < -0.3 is 14.8 Å². The smallest absolute Gasteiger partial charge is 0.294 e. The van der Waals surface area contributed by atoms with E-state index in [1.807, 2.05) is 12.1 Å². The number of nitrogens with one attached hydrogen (secondary N) is 1. The van der Waals surface area contributed by atoms with E-state index in [0.29, 0.717) is 28.7 Å². The van der Waals surface area contributed by atoms with Gasteiger partial charge in [0.05, 0.1) is 19.1 Å². The third-order valence-corrected chi connectivity index (χ3v) is 5.67. The van der Waals surface area contributed by atoms with Crippen molar-refractivity contribution < 1.29 is 23.9 Å². The summed E-state index contributed by atoms with van der Waals surface area (Å²) in [5, 5.41) is 2.23. The van der Waals surface area contributed by atoms with E-state index in [0.717, 1.165) is 22.2 Å². The highest BCUT2D eigenvalue weighted by Gasteiger charge is 2.36. The molecule has 1 aliphatic rings. The standard InChI is InChI=1S/C23H24N2O5S/c1-14(2)15-5-8-17(9-6-15)24-21(26)13-25-22(27)20(31-23(25)28)11-16-7-10-18(29-3)12-19(16)30-4/h5-12,14H,13H2,1-4H3,(H,24,26)/b20-11+. The first-order valence-corrected chi connectivity index (χ1v) is 10.5. The van der Waals surface area contributed by atoms with E-state index in [9.17, 15) is 14.4 Å². The Kier molecular flexibility index (Phi) is 7.02. The van der Waals surface area contributed by atoms with Crippen LogP contribution in [0.3, 0.4) is 0 Å². The van der Waals surface area contributed by atoms with Gasteiger partial charge in [-0.15, -0.1) is 0 Å². The molecule has 0 aliphatic carbocycles. The van der Waals surface area contributed by atoms with Crippen LogP contribution in [0.25, 0.3) is 6.08 Å². The van der Waals surface area contributed by atoms with Gasteiger partial charge in [0.2, 0.25) is 5.91 Å². The largest absolute Gasteiger partial charge is 0.497 e. The quantitative estimate of drug-likeness (QED) is 0.638. The average molecular weight is 441 g/mol. The molecule has 2 aromatic carbocycles. The first kappa shape index (κ1) is 22.4. The lowest BCUT2D eigenvalue weighted by atomic mass is 10.0. The second-order valence-electron chi connectivity index (χ2n) is 7.20. The fraction of sp³-hybridized carbons (Fsp3) is 0.261. The molecule has 1 aliphatic heterocycles. The number of benzene rings is 2. The highest BCUT2D eigenvalue weighted by Crippen LogP contribution is 2.35. The maximum atomic E-state index is 12.7. The zero-order chi connectivity index (χ0) is 22.5. The predicted molar refractivity (Wildman–Crippen MR) is 121 cm³/mol. The maximum Gasteiger partial charge on any atom is 0.294 e. The van der Waals surface area contributed by atoms with Crippen LogP contribution >= 0.6 is 11.8 Å². The summed E-state index contributed by atoms with van der Waals surface area (Å²) in [5.41, 5.74) is 2.39. The fourth-order valence-corrected chi connectivity index (χ4v) is 3.84. The normalized spacial score (nSPS) is 15.0. The molecule has 1 N–H and O–H groups in total. The summed E-state index contributed by atoms with van der Waals surface area (Å²) in [6.07, 6.45) is 1.58. The fourth-order valence-electron chi connectivity index (χ4n) is 3.01. The van der Waals surface area contributed by atoms with Crippen LogP contribution in [0.1, 0.15) is 30.9 Å². The van der Waals surface area contributed by atoms with Crippen LogP contribution in [-0.4, -0.2) is 42.7 Å². The Morgan fingerprint density at radius 2 is 1.81 bits per heavy atom. The van der Waals surface area contributed by atoms with Gasteiger partial charge in [0.1, 0.15) is 18.0 Å². The van der Waals surface area contributed by atoms with Gasteiger partial charge in [-0.1, -0.05) is 26.0 Å². The number of carbonyl (C=O) groups is 3. The molecule has 162 valence electrons. The molecule has 0 unspecified atom stereocenters. The van der Waals surface area contributed by atoms with Crippen molar-refractivity contribution in [3.05, 3.63) is 58.5 Å². The summed E-state index contributed by atoms with van der Waals surface area (Å²) in [6.45, 7) is 3.82. The summed E-state index contributed by atoms with van der Waals surface area (Å²) in [6, 6.07) is 12.6. The van der Waals surface area contributed by atoms with E-state index in [1.54, 1.807) is 43.5 Å². The molecular weight excluding hydrogens is 416 g/mol. The molecule has 2 aromatic rings. The molecule has 3 amide bonds. The number of hydrogen-bond acceptors (Lipinski definition) is 6. The van der Waals surface area contributed by atoms with Crippen molar-refractivity contribution in [1.82, 2.24) is 4.90 Å². The van der Waals surface area contributed by atoms with Crippen molar-refractivity contribution >= 4 is 40.6 Å². The monoisotopic (exact) mass is 440 g/mol. The van der Waals surface area contributed by atoms with E-state index in [4.69, 9.17) is 9.47 Å². The molecule has 0 saturated carbocycles. The van der Waals surface area contributed by atoms with Crippen molar-refractivity contribution in [3.8, 4) is 11.5 Å². The molecule has 0 aromatic heterocycles. The Hall–Kier alpha value is -3.26. The molecular formula is C23H24N2O5S. The lowest BCUT2D eigenvalue weighted by molar-refractivity contribution is -0.127. The van der Waals surface area contributed by atoms with E-state index in [-0.39, 0.29) is 11.4 Å². The Morgan fingerprint density at radius 3 is 2.42 bits per heavy atom. The lowest BCUT2D eigenvalue weighted by Crippen LogP contribution is -2.36. The number of ether oxygens (including phenoxy) is 2. The second kappa shape index (κ2) is 9.70. The Bertz CT molecular complexity index is 1030. The number of amides is 3. The predicted octanol–water partition coefficient (Wildman–Crippen LogP) is 4.50. The van der Waals surface area contributed by atoms with Crippen LogP contribution < -0.4 is 14.8 Å². The van der Waals surface area contributed by atoms with Crippen molar-refractivity contribution in [2.45, 2.75) is 19.8 Å². The molecule has 0 spiro atoms. The molecule has 8 heteroatoms. The van der Waals surface area contributed by atoms with E-state index >= 15 is 0 Å². The van der Waals surface area contributed by atoms with Crippen molar-refractivity contribution in [2.75, 3.05) is 26.1 Å². The van der Waals surface area contributed by atoms with Gasteiger partial charge in [0, 0.05) is 17.3 Å². The van der Waals surface area contributed by atoms with Gasteiger partial charge in [-0.05, 0) is 53.6 Å². The van der Waals surface area contributed by atoms with Gasteiger partial charge in [-0.3, -0.25) is 19.3 Å². The van der Waals surface area contributed by atoms with Crippen LogP contribution in [0.2, 0.25) is 0 Å². The van der Waals surface area contributed by atoms with Crippen molar-refractivity contribution in [1.29, 1.82) is 0 Å². The molecule has 0 atom stereocenters. The van der Waals surface area contributed by atoms with Crippen LogP contribution in [0, 0.1) is 0 Å².